The number of anilines is 1. The van der Waals surface area contributed by atoms with Gasteiger partial charge in [-0.25, -0.2) is 9.48 Å². The maximum Gasteiger partial charge on any atom is 0.320 e. The second-order valence-electron chi connectivity index (χ2n) is 10.0. The van der Waals surface area contributed by atoms with E-state index >= 15 is 0 Å². The molecule has 37 heavy (non-hydrogen) atoms. The van der Waals surface area contributed by atoms with Crippen molar-refractivity contribution < 1.29 is 9.90 Å². The molecule has 194 valence electrons. The summed E-state index contributed by atoms with van der Waals surface area (Å²) in [5.74, 6) is 0.530. The third-order valence-electron chi connectivity index (χ3n) is 6.71. The van der Waals surface area contributed by atoms with Crippen LogP contribution in [0.25, 0.3) is 16.9 Å². The predicted octanol–water partition coefficient (Wildman–Crippen LogP) is 5.49. The summed E-state index contributed by atoms with van der Waals surface area (Å²) in [6, 6.07) is 8.58. The number of aliphatic hydroxyl groups is 1. The van der Waals surface area contributed by atoms with Crippen LogP contribution >= 0.6 is 11.6 Å². The summed E-state index contributed by atoms with van der Waals surface area (Å²) in [6.07, 6.45) is 9.07. The summed E-state index contributed by atoms with van der Waals surface area (Å²) < 4.78 is 3.41. The molecule has 1 aromatic carbocycles. The zero-order chi connectivity index (χ0) is 26.7. The Bertz CT molecular complexity index is 1350. The van der Waals surface area contributed by atoms with Crippen LogP contribution in [0.15, 0.2) is 78.1 Å². The van der Waals surface area contributed by atoms with Crippen LogP contribution in [0.2, 0.25) is 0 Å². The molecular weight excluding hydrogens is 488 g/mol. The number of carbonyl (C=O) groups excluding carboxylic acids is 1. The summed E-state index contributed by atoms with van der Waals surface area (Å²) in [4.78, 5) is 13.3. The fourth-order valence-corrected chi connectivity index (χ4v) is 4.50. The number of nitrogens with zero attached hydrogens (tertiary/aromatic N) is 4. The first-order valence-corrected chi connectivity index (χ1v) is 12.6. The molecule has 0 spiro atoms. The number of aromatic nitrogens is 4. The Balaban J connectivity index is 1.63. The molecule has 9 heteroatoms. The largest absolute Gasteiger partial charge is 0.391 e. The van der Waals surface area contributed by atoms with Gasteiger partial charge in [0.25, 0.3) is 0 Å². The molecule has 1 aliphatic carbocycles. The lowest BCUT2D eigenvalue weighted by atomic mass is 9.78. The van der Waals surface area contributed by atoms with Gasteiger partial charge >= 0.3 is 6.03 Å². The Hall–Kier alpha value is -3.62. The third kappa shape index (κ3) is 6.03. The maximum absolute atomic E-state index is 13.3. The molecule has 3 aromatic rings. The number of aryl methyl sites for hydroxylation is 1. The number of aliphatic hydroxyl groups excluding tert-OH is 1. The Morgan fingerprint density at radius 1 is 1.24 bits per heavy atom. The molecule has 2 atom stereocenters. The first-order valence-electron chi connectivity index (χ1n) is 12.2. The molecule has 0 bridgehead atoms. The topological polar surface area (TPSA) is 97.0 Å². The lowest BCUT2D eigenvalue weighted by Crippen LogP contribution is -2.46. The van der Waals surface area contributed by atoms with Crippen molar-refractivity contribution in [1.29, 1.82) is 0 Å². The Morgan fingerprint density at radius 3 is 2.65 bits per heavy atom. The number of hydrogen-bond acceptors (Lipinski definition) is 4. The zero-order valence-electron chi connectivity index (χ0n) is 21.6. The van der Waals surface area contributed by atoms with E-state index < -0.39 is 18.2 Å². The van der Waals surface area contributed by atoms with Crippen molar-refractivity contribution >= 4 is 23.4 Å². The SMILES string of the molecule is C=C1/C=C\C(Cl)=C/C[C@@H](NC(=O)Nc2c(C)c(-c3cnn(C)c3)nn2-c2ccccc2)[C@H](O)CC1(C)C. The highest BCUT2D eigenvalue weighted by atomic mass is 35.5. The number of urea groups is 1. The molecule has 1 aliphatic rings. The van der Waals surface area contributed by atoms with E-state index in [4.69, 9.17) is 16.7 Å². The Kier molecular flexibility index (Phi) is 7.71. The minimum absolute atomic E-state index is 0.373. The van der Waals surface area contributed by atoms with Crippen molar-refractivity contribution in [3.8, 4) is 16.9 Å². The van der Waals surface area contributed by atoms with Crippen molar-refractivity contribution in [2.45, 2.75) is 45.8 Å². The highest BCUT2D eigenvalue weighted by Gasteiger charge is 2.30. The van der Waals surface area contributed by atoms with Crippen molar-refractivity contribution in [3.63, 3.8) is 0 Å². The molecule has 4 rings (SSSR count). The molecule has 0 saturated carbocycles. The second kappa shape index (κ2) is 10.8. The van der Waals surface area contributed by atoms with Gasteiger partial charge in [-0.15, -0.1) is 0 Å². The predicted molar refractivity (Wildman–Crippen MR) is 148 cm³/mol. The first kappa shape index (κ1) is 26.4. The normalized spacial score (nSPS) is 22.1. The average molecular weight is 521 g/mol. The van der Waals surface area contributed by atoms with Gasteiger partial charge in [-0.05, 0) is 49.0 Å². The van der Waals surface area contributed by atoms with Gasteiger partial charge in [0.15, 0.2) is 0 Å². The molecule has 8 nitrogen and oxygen atoms in total. The number of carbonyl (C=O) groups is 1. The highest BCUT2D eigenvalue weighted by molar-refractivity contribution is 6.31. The first-order chi connectivity index (χ1) is 17.5. The molecule has 2 amide bonds. The van der Waals surface area contributed by atoms with E-state index in [2.05, 4.69) is 22.3 Å². The van der Waals surface area contributed by atoms with Crippen LogP contribution < -0.4 is 10.6 Å². The molecule has 2 aromatic heterocycles. The van der Waals surface area contributed by atoms with Gasteiger partial charge in [-0.3, -0.25) is 10.00 Å². The number of nitrogens with one attached hydrogen (secondary N) is 2. The van der Waals surface area contributed by atoms with Crippen molar-refractivity contribution in [2.75, 3.05) is 5.32 Å². The van der Waals surface area contributed by atoms with Gasteiger partial charge in [0.1, 0.15) is 11.5 Å². The van der Waals surface area contributed by atoms with E-state index in [1.165, 1.54) is 0 Å². The summed E-state index contributed by atoms with van der Waals surface area (Å²) in [7, 11) is 1.84. The van der Waals surface area contributed by atoms with E-state index in [9.17, 15) is 9.90 Å². The van der Waals surface area contributed by atoms with Gasteiger partial charge in [0, 0.05) is 29.4 Å². The Morgan fingerprint density at radius 2 is 1.97 bits per heavy atom. The minimum Gasteiger partial charge on any atom is -0.391 e. The number of halogens is 1. The molecule has 0 radical (unpaired) electrons. The van der Waals surface area contributed by atoms with Crippen LogP contribution in [0.1, 0.15) is 32.3 Å². The van der Waals surface area contributed by atoms with Gasteiger partial charge in [0.05, 0.1) is 24.0 Å². The molecule has 0 saturated heterocycles. The third-order valence-corrected chi connectivity index (χ3v) is 6.99. The summed E-state index contributed by atoms with van der Waals surface area (Å²) in [5, 5.41) is 26.6. The average Bonchev–Trinajstić information content (AvgIpc) is 3.42. The van der Waals surface area contributed by atoms with Crippen molar-refractivity contribution in [2.24, 2.45) is 12.5 Å². The fraction of sp³-hybridized carbons (Fsp3) is 0.321. The van der Waals surface area contributed by atoms with Gasteiger partial charge < -0.3 is 10.4 Å². The van der Waals surface area contributed by atoms with Gasteiger partial charge in [0.2, 0.25) is 0 Å². The van der Waals surface area contributed by atoms with Crippen molar-refractivity contribution in [3.05, 3.63) is 83.7 Å². The number of hydrogen-bond donors (Lipinski definition) is 3. The van der Waals surface area contributed by atoms with Crippen LogP contribution in [0.5, 0.6) is 0 Å². The fourth-order valence-electron chi connectivity index (χ4n) is 4.35. The van der Waals surface area contributed by atoms with E-state index in [1.54, 1.807) is 27.7 Å². The summed E-state index contributed by atoms with van der Waals surface area (Å²) in [5.41, 5.74) is 3.64. The van der Waals surface area contributed by atoms with E-state index in [-0.39, 0.29) is 5.41 Å². The number of benzene rings is 1. The summed E-state index contributed by atoms with van der Waals surface area (Å²) in [6.45, 7) is 10.1. The van der Waals surface area contributed by atoms with E-state index in [0.29, 0.717) is 29.4 Å². The number of allylic oxidation sites excluding steroid dienone is 4. The minimum atomic E-state index is -0.809. The molecule has 0 unspecified atom stereocenters. The standard InChI is InChI=1S/C28H33ClN6O2/c1-18-11-12-21(29)13-14-23(24(36)15-28(18,3)4)31-27(37)32-26-19(2)25(20-16-30-34(5)17-20)33-35(26)22-9-7-6-8-10-22/h6-13,16-17,23-24,36H,1,14-15H2,2-5H3,(H2,31,32,37)/b12-11-,21-13+/t23-,24-/m1/s1. The summed E-state index contributed by atoms with van der Waals surface area (Å²) >= 11 is 6.33. The number of para-hydroxylation sites is 1. The molecule has 0 aliphatic heterocycles. The van der Waals surface area contributed by atoms with E-state index in [1.807, 2.05) is 70.4 Å². The number of rotatable bonds is 4. The van der Waals surface area contributed by atoms with Gasteiger partial charge in [-0.2, -0.15) is 10.2 Å². The molecule has 2 heterocycles. The lowest BCUT2D eigenvalue weighted by Gasteiger charge is -2.33. The number of amides is 2. The van der Waals surface area contributed by atoms with Gasteiger partial charge in [-0.1, -0.05) is 62.4 Å². The lowest BCUT2D eigenvalue weighted by molar-refractivity contribution is 0.0929. The van der Waals surface area contributed by atoms with Crippen LogP contribution in [0.3, 0.4) is 0 Å². The maximum atomic E-state index is 13.3. The van der Waals surface area contributed by atoms with Crippen LogP contribution in [0, 0.1) is 12.3 Å². The molecule has 3 N–H and O–H groups in total. The quantitative estimate of drug-likeness (QED) is 0.424. The van der Waals surface area contributed by atoms with Crippen LogP contribution in [-0.2, 0) is 7.05 Å². The van der Waals surface area contributed by atoms with Crippen molar-refractivity contribution in [1.82, 2.24) is 24.9 Å². The highest BCUT2D eigenvalue weighted by Crippen LogP contribution is 2.34. The second-order valence-corrected chi connectivity index (χ2v) is 10.5. The van der Waals surface area contributed by atoms with Crippen LogP contribution in [-0.4, -0.2) is 42.8 Å². The Labute approximate surface area is 222 Å². The van der Waals surface area contributed by atoms with E-state index in [0.717, 1.165) is 22.4 Å². The monoisotopic (exact) mass is 520 g/mol. The molecular formula is C28H33ClN6O2. The smallest absolute Gasteiger partial charge is 0.320 e. The zero-order valence-corrected chi connectivity index (χ0v) is 22.3. The van der Waals surface area contributed by atoms with Crippen LogP contribution in [0.4, 0.5) is 10.6 Å². The molecule has 0 fully saturated rings.